The summed E-state index contributed by atoms with van der Waals surface area (Å²) in [7, 11) is 0. The van der Waals surface area contributed by atoms with E-state index < -0.39 is 23.6 Å². The third-order valence-corrected chi connectivity index (χ3v) is 6.70. The maximum Gasteiger partial charge on any atom is 0.338 e. The number of alkyl halides is 1. The Morgan fingerprint density at radius 3 is 2.66 bits per heavy atom. The van der Waals surface area contributed by atoms with Gasteiger partial charge in [0.25, 0.3) is 11.8 Å². The molecule has 13 heteroatoms. The number of amides is 2. The van der Waals surface area contributed by atoms with Crippen molar-refractivity contribution in [2.24, 2.45) is 0 Å². The monoisotopic (exact) mass is 526 g/mol. The van der Waals surface area contributed by atoms with Crippen molar-refractivity contribution in [1.29, 1.82) is 0 Å². The number of ether oxygens (including phenoxy) is 1. The Hall–Kier alpha value is -4.10. The van der Waals surface area contributed by atoms with Gasteiger partial charge in [0, 0.05) is 37.6 Å². The van der Waals surface area contributed by atoms with Crippen LogP contribution in [0.3, 0.4) is 0 Å². The molecular formula is C25H27FN6O6. The van der Waals surface area contributed by atoms with Crippen LogP contribution in [0.1, 0.15) is 50.5 Å². The van der Waals surface area contributed by atoms with E-state index in [1.54, 1.807) is 12.1 Å². The molecule has 1 unspecified atom stereocenters. The number of halogens is 1. The van der Waals surface area contributed by atoms with Gasteiger partial charge in [0.05, 0.1) is 48.5 Å². The Labute approximate surface area is 216 Å². The standard InChI is InChI=1S/C25H27FN6O6/c1-25(2,37)20(26)13-31-11-14-7-18(19(8-16(14)23(31)34)30-3-5-38-6-4-30)29-22(33)17-10-28-32-12-15(24(35)36)9-27-21(17)32/h7-10,12,20,37H,3-6,11,13H2,1-2H3,(H,29,33)(H,35,36). The fourth-order valence-corrected chi connectivity index (χ4v) is 4.48. The first-order valence-corrected chi connectivity index (χ1v) is 12.1. The number of hydrogen-bond donors (Lipinski definition) is 3. The topological polar surface area (TPSA) is 150 Å². The van der Waals surface area contributed by atoms with Gasteiger partial charge in [-0.2, -0.15) is 5.10 Å². The number of carboxylic acid groups (broad SMARTS) is 1. The zero-order valence-electron chi connectivity index (χ0n) is 20.8. The number of aromatic carboxylic acids is 1. The molecule has 3 N–H and O–H groups in total. The minimum absolute atomic E-state index is 0.0740. The van der Waals surface area contributed by atoms with Crippen LogP contribution in [0.25, 0.3) is 5.65 Å². The van der Waals surface area contributed by atoms with Crippen molar-refractivity contribution in [3.05, 3.63) is 53.0 Å². The van der Waals surface area contributed by atoms with E-state index in [1.807, 2.05) is 4.90 Å². The average molecular weight is 527 g/mol. The van der Waals surface area contributed by atoms with Gasteiger partial charge in [-0.15, -0.1) is 0 Å². The van der Waals surface area contributed by atoms with Gasteiger partial charge in [-0.05, 0) is 31.5 Å². The Bertz CT molecular complexity index is 1430. The first-order chi connectivity index (χ1) is 18.0. The van der Waals surface area contributed by atoms with Gasteiger partial charge in [0.1, 0.15) is 11.7 Å². The summed E-state index contributed by atoms with van der Waals surface area (Å²) in [4.78, 5) is 45.1. The number of rotatable bonds is 7. The van der Waals surface area contributed by atoms with Crippen LogP contribution in [0.4, 0.5) is 15.8 Å². The fraction of sp³-hybridized carbons (Fsp3) is 0.400. The number of aliphatic hydroxyl groups is 1. The predicted octanol–water partition coefficient (Wildman–Crippen LogP) is 1.58. The fourth-order valence-electron chi connectivity index (χ4n) is 4.48. The molecule has 1 fully saturated rings. The number of morpholine rings is 1. The van der Waals surface area contributed by atoms with Crippen LogP contribution in [0, 0.1) is 0 Å². The molecule has 2 amide bonds. The summed E-state index contributed by atoms with van der Waals surface area (Å²) >= 11 is 0. The predicted molar refractivity (Wildman–Crippen MR) is 133 cm³/mol. The van der Waals surface area contributed by atoms with Crippen molar-refractivity contribution in [3.8, 4) is 0 Å². The molecule has 2 aliphatic rings. The second-order valence-electron chi connectivity index (χ2n) is 9.86. The minimum Gasteiger partial charge on any atom is -0.478 e. The smallest absolute Gasteiger partial charge is 0.338 e. The SMILES string of the molecule is CC(C)(O)C(F)CN1Cc2cc(NC(=O)c3cnn4cc(C(=O)O)cnc34)c(N3CCOCC3)cc2C1=O. The summed E-state index contributed by atoms with van der Waals surface area (Å²) < 4.78 is 21.2. The van der Waals surface area contributed by atoms with Crippen LogP contribution in [-0.4, -0.2) is 92.1 Å². The lowest BCUT2D eigenvalue weighted by Gasteiger charge is -2.31. The number of aromatic nitrogens is 3. The Balaban J connectivity index is 1.47. The van der Waals surface area contributed by atoms with Crippen LogP contribution in [-0.2, 0) is 11.3 Å². The first-order valence-electron chi connectivity index (χ1n) is 12.1. The summed E-state index contributed by atoms with van der Waals surface area (Å²) in [6, 6.07) is 3.40. The van der Waals surface area contributed by atoms with Crippen molar-refractivity contribution < 1.29 is 33.7 Å². The lowest BCUT2D eigenvalue weighted by atomic mass is 10.0. The molecule has 1 atom stereocenters. The van der Waals surface area contributed by atoms with Crippen LogP contribution >= 0.6 is 0 Å². The van der Waals surface area contributed by atoms with Crippen molar-refractivity contribution >= 4 is 34.8 Å². The first kappa shape index (κ1) is 25.5. The molecule has 0 radical (unpaired) electrons. The maximum atomic E-state index is 14.6. The Morgan fingerprint density at radius 1 is 1.24 bits per heavy atom. The van der Waals surface area contributed by atoms with Gasteiger partial charge in [-0.25, -0.2) is 18.7 Å². The van der Waals surface area contributed by atoms with Crippen molar-refractivity contribution in [1.82, 2.24) is 19.5 Å². The molecule has 5 rings (SSSR count). The number of fused-ring (bicyclic) bond motifs is 2. The number of nitrogens with one attached hydrogen (secondary N) is 1. The van der Waals surface area contributed by atoms with Crippen molar-refractivity contribution in [2.45, 2.75) is 32.2 Å². The highest BCUT2D eigenvalue weighted by molar-refractivity contribution is 6.10. The molecule has 3 aromatic rings. The molecule has 0 bridgehead atoms. The second kappa shape index (κ2) is 9.65. The second-order valence-corrected chi connectivity index (χ2v) is 9.86. The molecule has 2 aromatic heterocycles. The Morgan fingerprint density at radius 2 is 1.97 bits per heavy atom. The van der Waals surface area contributed by atoms with E-state index in [0.717, 1.165) is 6.20 Å². The third-order valence-electron chi connectivity index (χ3n) is 6.70. The van der Waals surface area contributed by atoms with E-state index >= 15 is 0 Å². The molecule has 200 valence electrons. The summed E-state index contributed by atoms with van der Waals surface area (Å²) in [6.45, 7) is 4.61. The molecule has 38 heavy (non-hydrogen) atoms. The molecular weight excluding hydrogens is 499 g/mol. The number of nitrogens with zero attached hydrogens (tertiary/aromatic N) is 5. The molecule has 1 saturated heterocycles. The highest BCUT2D eigenvalue weighted by Crippen LogP contribution is 2.36. The average Bonchev–Trinajstić information content (AvgIpc) is 3.43. The van der Waals surface area contributed by atoms with E-state index in [4.69, 9.17) is 4.74 Å². The molecule has 2 aliphatic heterocycles. The van der Waals surface area contributed by atoms with E-state index in [1.165, 1.54) is 35.7 Å². The number of anilines is 2. The molecule has 0 spiro atoms. The number of carbonyl (C=O) groups excluding carboxylic acids is 2. The van der Waals surface area contributed by atoms with Crippen molar-refractivity contribution in [2.75, 3.05) is 43.1 Å². The molecule has 0 saturated carbocycles. The van der Waals surface area contributed by atoms with Gasteiger partial charge in [-0.1, -0.05) is 0 Å². The van der Waals surface area contributed by atoms with E-state index in [0.29, 0.717) is 48.8 Å². The normalized spacial score (nSPS) is 16.6. The number of hydrogen-bond acceptors (Lipinski definition) is 8. The van der Waals surface area contributed by atoms with E-state index in [9.17, 15) is 29.0 Å². The zero-order valence-corrected chi connectivity index (χ0v) is 20.8. The van der Waals surface area contributed by atoms with Crippen LogP contribution in [0.2, 0.25) is 0 Å². The zero-order chi connectivity index (χ0) is 27.2. The highest BCUT2D eigenvalue weighted by atomic mass is 19.1. The Kier molecular flexibility index (Phi) is 6.49. The molecule has 12 nitrogen and oxygen atoms in total. The van der Waals surface area contributed by atoms with E-state index in [-0.39, 0.29) is 35.8 Å². The van der Waals surface area contributed by atoms with Crippen molar-refractivity contribution in [3.63, 3.8) is 0 Å². The van der Waals surface area contributed by atoms with Gasteiger partial charge in [0.15, 0.2) is 5.65 Å². The summed E-state index contributed by atoms with van der Waals surface area (Å²) in [5.41, 5.74) is 0.747. The van der Waals surface area contributed by atoms with Crippen LogP contribution in [0.15, 0.2) is 30.7 Å². The van der Waals surface area contributed by atoms with Gasteiger partial charge >= 0.3 is 5.97 Å². The van der Waals surface area contributed by atoms with Gasteiger partial charge < -0.3 is 30.1 Å². The van der Waals surface area contributed by atoms with Crippen LogP contribution in [0.5, 0.6) is 0 Å². The van der Waals surface area contributed by atoms with Crippen LogP contribution < -0.4 is 10.2 Å². The lowest BCUT2D eigenvalue weighted by Crippen LogP contribution is -2.42. The van der Waals surface area contributed by atoms with Gasteiger partial charge in [-0.3, -0.25) is 9.59 Å². The molecule has 1 aromatic carbocycles. The summed E-state index contributed by atoms with van der Waals surface area (Å²) in [5, 5.41) is 26.1. The lowest BCUT2D eigenvalue weighted by molar-refractivity contribution is -0.0159. The third kappa shape index (κ3) is 4.77. The minimum atomic E-state index is -1.64. The summed E-state index contributed by atoms with van der Waals surface area (Å²) in [5.74, 6) is -2.03. The number of carboxylic acids is 1. The quantitative estimate of drug-likeness (QED) is 0.417. The largest absolute Gasteiger partial charge is 0.478 e. The summed E-state index contributed by atoms with van der Waals surface area (Å²) in [6.07, 6.45) is 2.08. The maximum absolute atomic E-state index is 14.6. The molecule has 0 aliphatic carbocycles. The number of benzene rings is 1. The number of carbonyl (C=O) groups is 3. The van der Waals surface area contributed by atoms with E-state index in [2.05, 4.69) is 15.4 Å². The highest BCUT2D eigenvalue weighted by Gasteiger charge is 2.36. The van der Waals surface area contributed by atoms with Gasteiger partial charge in [0.2, 0.25) is 0 Å². The molecule has 4 heterocycles.